The maximum atomic E-state index is 13.1. The van der Waals surface area contributed by atoms with Crippen molar-refractivity contribution >= 4 is 29.0 Å². The van der Waals surface area contributed by atoms with E-state index in [9.17, 15) is 4.79 Å². The van der Waals surface area contributed by atoms with Crippen molar-refractivity contribution in [3.63, 3.8) is 0 Å². The van der Waals surface area contributed by atoms with E-state index in [1.54, 1.807) is 0 Å². The van der Waals surface area contributed by atoms with Crippen LogP contribution in [0.4, 0.5) is 11.4 Å². The van der Waals surface area contributed by atoms with Gasteiger partial charge in [0.15, 0.2) is 11.0 Å². The molecule has 0 unspecified atom stereocenters. The van der Waals surface area contributed by atoms with Crippen molar-refractivity contribution in [2.75, 3.05) is 10.6 Å². The molecule has 1 aromatic heterocycles. The van der Waals surface area contributed by atoms with E-state index in [4.69, 9.17) is 0 Å². The average molecular weight is 486 g/mol. The number of aromatic nitrogens is 3. The van der Waals surface area contributed by atoms with Crippen LogP contribution in [-0.4, -0.2) is 25.9 Å². The molecule has 4 rings (SSSR count). The molecule has 1 atom stereocenters. The number of carbonyl (C=O) groups is 1. The van der Waals surface area contributed by atoms with E-state index >= 15 is 0 Å². The quantitative estimate of drug-likeness (QED) is 0.289. The Morgan fingerprint density at radius 1 is 0.886 bits per heavy atom. The minimum atomic E-state index is -0.361. The number of nitrogens with one attached hydrogen (secondary N) is 2. The molecule has 0 bridgehead atoms. The first-order valence-electron chi connectivity index (χ1n) is 11.7. The van der Waals surface area contributed by atoms with Crippen molar-refractivity contribution in [3.8, 4) is 5.69 Å². The van der Waals surface area contributed by atoms with Crippen molar-refractivity contribution in [3.05, 3.63) is 94.8 Å². The fraction of sp³-hybridized carbons (Fsp3) is 0.250. The van der Waals surface area contributed by atoms with Gasteiger partial charge in [-0.2, -0.15) is 0 Å². The number of benzene rings is 3. The molecule has 1 heterocycles. The number of anilines is 2. The number of para-hydroxylation sites is 1. The molecule has 35 heavy (non-hydrogen) atoms. The third-order valence-corrected chi connectivity index (χ3v) is 6.92. The van der Waals surface area contributed by atoms with Gasteiger partial charge in [-0.3, -0.25) is 9.36 Å². The molecule has 0 aliphatic carbocycles. The molecule has 4 aromatic rings. The zero-order valence-corrected chi connectivity index (χ0v) is 21.6. The third-order valence-electron chi connectivity index (χ3n) is 5.88. The maximum Gasteiger partial charge on any atom is 0.237 e. The number of carbonyl (C=O) groups excluding carboxylic acids is 1. The second-order valence-corrected chi connectivity index (χ2v) is 10.1. The Bertz CT molecular complexity index is 1290. The molecule has 6 nitrogen and oxygen atoms in total. The van der Waals surface area contributed by atoms with E-state index in [-0.39, 0.29) is 11.2 Å². The lowest BCUT2D eigenvalue weighted by Gasteiger charge is -2.16. The largest absolute Gasteiger partial charge is 0.378 e. The summed E-state index contributed by atoms with van der Waals surface area (Å²) in [6, 6.07) is 22.5. The molecule has 2 N–H and O–H groups in total. The van der Waals surface area contributed by atoms with Crippen molar-refractivity contribution < 1.29 is 4.79 Å². The molecule has 0 saturated carbocycles. The molecular formula is C28H31N5OS. The first kappa shape index (κ1) is 24.5. The van der Waals surface area contributed by atoms with Gasteiger partial charge in [-0.1, -0.05) is 65.4 Å². The number of hydrogen-bond donors (Lipinski definition) is 2. The second-order valence-electron chi connectivity index (χ2n) is 8.81. The Morgan fingerprint density at radius 3 is 2.11 bits per heavy atom. The molecule has 0 spiro atoms. The van der Waals surface area contributed by atoms with Crippen LogP contribution in [0.3, 0.4) is 0 Å². The second kappa shape index (κ2) is 10.8. The zero-order valence-electron chi connectivity index (χ0n) is 20.8. The van der Waals surface area contributed by atoms with Crippen LogP contribution in [0.2, 0.25) is 0 Å². The van der Waals surface area contributed by atoms with Gasteiger partial charge in [0.2, 0.25) is 5.91 Å². The maximum absolute atomic E-state index is 13.1. The van der Waals surface area contributed by atoms with Crippen molar-refractivity contribution in [1.82, 2.24) is 14.8 Å². The molecule has 0 aliphatic rings. The zero-order chi connectivity index (χ0) is 24.9. The normalized spacial score (nSPS) is 11.8. The summed E-state index contributed by atoms with van der Waals surface area (Å²) in [6.45, 7) is 10.5. The van der Waals surface area contributed by atoms with Crippen LogP contribution in [0.1, 0.15) is 35.0 Å². The Hall–Kier alpha value is -3.58. The van der Waals surface area contributed by atoms with Crippen molar-refractivity contribution in [1.29, 1.82) is 0 Å². The van der Waals surface area contributed by atoms with Crippen LogP contribution in [0.25, 0.3) is 5.69 Å². The minimum Gasteiger partial charge on any atom is -0.378 e. The van der Waals surface area contributed by atoms with Crippen molar-refractivity contribution in [2.45, 2.75) is 51.6 Å². The van der Waals surface area contributed by atoms with Gasteiger partial charge < -0.3 is 10.6 Å². The summed E-state index contributed by atoms with van der Waals surface area (Å²) in [5.41, 5.74) is 7.33. The number of amides is 1. The molecule has 3 aromatic carbocycles. The first-order valence-corrected chi connectivity index (χ1v) is 12.6. The summed E-state index contributed by atoms with van der Waals surface area (Å²) in [7, 11) is 0. The fourth-order valence-electron chi connectivity index (χ4n) is 3.74. The highest BCUT2D eigenvalue weighted by Crippen LogP contribution is 2.28. The van der Waals surface area contributed by atoms with Crippen LogP contribution in [-0.2, 0) is 11.3 Å². The minimum absolute atomic E-state index is 0.0646. The van der Waals surface area contributed by atoms with E-state index in [1.807, 2.05) is 43.5 Å². The summed E-state index contributed by atoms with van der Waals surface area (Å²) in [4.78, 5) is 13.1. The smallest absolute Gasteiger partial charge is 0.237 e. The van der Waals surface area contributed by atoms with Gasteiger partial charge in [-0.15, -0.1) is 10.2 Å². The molecular weight excluding hydrogens is 454 g/mol. The van der Waals surface area contributed by atoms with Crippen LogP contribution < -0.4 is 10.6 Å². The van der Waals surface area contributed by atoms with Crippen LogP contribution in [0, 0.1) is 27.7 Å². The van der Waals surface area contributed by atoms with Crippen LogP contribution in [0.15, 0.2) is 71.9 Å². The molecule has 0 radical (unpaired) electrons. The van der Waals surface area contributed by atoms with Crippen molar-refractivity contribution in [2.24, 2.45) is 0 Å². The number of nitrogens with zero attached hydrogens (tertiary/aromatic N) is 3. The Kier molecular flexibility index (Phi) is 7.56. The summed E-state index contributed by atoms with van der Waals surface area (Å²) < 4.78 is 2.02. The molecule has 7 heteroatoms. The highest BCUT2D eigenvalue weighted by Gasteiger charge is 2.22. The standard InChI is InChI=1S/C28H31N5OS/c1-18-9-13-23(14-10-18)29-17-25-31-32-28(33(25)24-15-11-19(2)12-16-24)35-22(5)27(34)30-26-20(3)7-6-8-21(26)4/h6-16,22,29H,17H2,1-5H3,(H,30,34)/t22-/m0/s1. The average Bonchev–Trinajstić information content (AvgIpc) is 3.23. The predicted octanol–water partition coefficient (Wildman–Crippen LogP) is 6.23. The summed E-state index contributed by atoms with van der Waals surface area (Å²) in [5, 5.41) is 15.8. The topological polar surface area (TPSA) is 71.8 Å². The van der Waals surface area contributed by atoms with Gasteiger partial charge in [0.1, 0.15) is 0 Å². The molecule has 0 aliphatic heterocycles. The van der Waals surface area contributed by atoms with E-state index in [1.165, 1.54) is 22.9 Å². The summed E-state index contributed by atoms with van der Waals surface area (Å²) in [6.07, 6.45) is 0. The lowest BCUT2D eigenvalue weighted by molar-refractivity contribution is -0.115. The van der Waals surface area contributed by atoms with Gasteiger partial charge in [0.05, 0.1) is 11.8 Å². The number of hydrogen-bond acceptors (Lipinski definition) is 5. The van der Waals surface area contributed by atoms with E-state index < -0.39 is 0 Å². The molecule has 0 saturated heterocycles. The lowest BCUT2D eigenvalue weighted by atomic mass is 10.1. The number of rotatable bonds is 8. The van der Waals surface area contributed by atoms with Gasteiger partial charge >= 0.3 is 0 Å². The van der Waals surface area contributed by atoms with Gasteiger partial charge in [0, 0.05) is 17.1 Å². The Morgan fingerprint density at radius 2 is 1.49 bits per heavy atom. The van der Waals surface area contributed by atoms with E-state index in [0.717, 1.165) is 34.0 Å². The van der Waals surface area contributed by atoms with Gasteiger partial charge in [-0.05, 0) is 70.0 Å². The first-order chi connectivity index (χ1) is 16.8. The summed E-state index contributed by atoms with van der Waals surface area (Å²) in [5.74, 6) is 0.712. The molecule has 180 valence electrons. The van der Waals surface area contributed by atoms with E-state index in [0.29, 0.717) is 11.7 Å². The molecule has 0 fully saturated rings. The molecule has 1 amide bonds. The monoisotopic (exact) mass is 485 g/mol. The number of thioether (sulfide) groups is 1. The lowest BCUT2D eigenvalue weighted by Crippen LogP contribution is -2.24. The van der Waals surface area contributed by atoms with Crippen LogP contribution >= 0.6 is 11.8 Å². The number of aryl methyl sites for hydroxylation is 4. The predicted molar refractivity (Wildman–Crippen MR) is 144 cm³/mol. The Labute approximate surface area is 211 Å². The highest BCUT2D eigenvalue weighted by atomic mass is 32.2. The fourth-order valence-corrected chi connectivity index (χ4v) is 4.63. The van der Waals surface area contributed by atoms with Gasteiger partial charge in [0.25, 0.3) is 0 Å². The van der Waals surface area contributed by atoms with Crippen LogP contribution in [0.5, 0.6) is 0 Å². The van der Waals surface area contributed by atoms with Gasteiger partial charge in [-0.25, -0.2) is 0 Å². The SMILES string of the molecule is Cc1ccc(NCc2nnc(S[C@@H](C)C(=O)Nc3c(C)cccc3C)n2-c2ccc(C)cc2)cc1. The highest BCUT2D eigenvalue weighted by molar-refractivity contribution is 8.00. The summed E-state index contributed by atoms with van der Waals surface area (Å²) >= 11 is 1.40. The van der Waals surface area contributed by atoms with E-state index in [2.05, 4.69) is 83.2 Å². The third kappa shape index (κ3) is 5.92. The Balaban J connectivity index is 1.57.